The van der Waals surface area contributed by atoms with Gasteiger partial charge in [0, 0.05) is 24.6 Å². The minimum Gasteiger partial charge on any atom is -0.465 e. The molecule has 7 heteroatoms. The van der Waals surface area contributed by atoms with Gasteiger partial charge in [-0.1, -0.05) is 30.3 Å². The Kier molecular flexibility index (Phi) is 4.58. The molecule has 0 aliphatic carbocycles. The van der Waals surface area contributed by atoms with Crippen LogP contribution in [0, 0.1) is 16.0 Å². The van der Waals surface area contributed by atoms with Crippen molar-refractivity contribution in [3.8, 4) is 0 Å². The van der Waals surface area contributed by atoms with Gasteiger partial charge in [0.15, 0.2) is 0 Å². The Bertz CT molecular complexity index is 971. The second kappa shape index (κ2) is 7.07. The van der Waals surface area contributed by atoms with Gasteiger partial charge in [-0.05, 0) is 36.5 Å². The molecule has 4 rings (SSSR count). The number of rotatable bonds is 4. The second-order valence-electron chi connectivity index (χ2n) is 7.01. The smallest absolute Gasteiger partial charge is 0.319 e. The summed E-state index contributed by atoms with van der Waals surface area (Å²) in [6.07, 6.45) is 1.69. The number of benzene rings is 2. The maximum Gasteiger partial charge on any atom is 0.319 e. The van der Waals surface area contributed by atoms with Gasteiger partial charge in [0.25, 0.3) is 5.69 Å². The first-order chi connectivity index (χ1) is 13.5. The molecule has 0 N–H and O–H groups in total. The van der Waals surface area contributed by atoms with Crippen molar-refractivity contribution >= 4 is 23.3 Å². The maximum atomic E-state index is 13.3. The van der Waals surface area contributed by atoms with E-state index in [1.54, 1.807) is 24.0 Å². The molecule has 0 fully saturated rings. The van der Waals surface area contributed by atoms with Gasteiger partial charge < -0.3 is 9.64 Å². The Hall–Kier alpha value is -3.22. The van der Waals surface area contributed by atoms with Crippen molar-refractivity contribution in [2.75, 3.05) is 18.1 Å². The zero-order valence-electron chi connectivity index (χ0n) is 15.5. The highest BCUT2D eigenvalue weighted by atomic mass is 16.6. The second-order valence-corrected chi connectivity index (χ2v) is 7.01. The fraction of sp³-hybridized carbons (Fsp3) is 0.333. The molecule has 2 heterocycles. The Balaban J connectivity index is 1.93. The van der Waals surface area contributed by atoms with Gasteiger partial charge in [-0.3, -0.25) is 19.7 Å². The first-order valence-electron chi connectivity index (χ1n) is 9.37. The van der Waals surface area contributed by atoms with E-state index < -0.39 is 22.7 Å². The van der Waals surface area contributed by atoms with E-state index in [1.807, 2.05) is 18.2 Å². The fourth-order valence-electron chi connectivity index (χ4n) is 4.32. The Labute approximate surface area is 162 Å². The molecule has 144 valence electrons. The van der Waals surface area contributed by atoms with Crippen LogP contribution in [0.4, 0.5) is 11.4 Å². The number of nitro groups is 1. The minimum absolute atomic E-state index is 0.0696. The predicted octanol–water partition coefficient (Wildman–Crippen LogP) is 3.20. The van der Waals surface area contributed by atoms with E-state index in [9.17, 15) is 19.7 Å². The molecule has 0 saturated carbocycles. The summed E-state index contributed by atoms with van der Waals surface area (Å²) in [6, 6.07) is 12.0. The summed E-state index contributed by atoms with van der Waals surface area (Å²) in [5, 5.41) is 11.3. The van der Waals surface area contributed by atoms with Crippen LogP contribution in [0.3, 0.4) is 0 Å². The van der Waals surface area contributed by atoms with E-state index in [2.05, 4.69) is 0 Å². The number of non-ortho nitro benzene ring substituents is 1. The first-order valence-corrected chi connectivity index (χ1v) is 9.37. The molecule has 0 saturated heterocycles. The minimum atomic E-state index is -1.05. The molecule has 7 nitrogen and oxygen atoms in total. The highest BCUT2D eigenvalue weighted by Gasteiger charge is 2.47. The lowest BCUT2D eigenvalue weighted by Crippen LogP contribution is -2.49. The molecule has 2 aliphatic rings. The lowest BCUT2D eigenvalue weighted by atomic mass is 9.74. The summed E-state index contributed by atoms with van der Waals surface area (Å²) in [5.41, 5.74) is 3.25. The molecular weight excluding hydrogens is 360 g/mol. The fourth-order valence-corrected chi connectivity index (χ4v) is 4.32. The highest BCUT2D eigenvalue weighted by molar-refractivity contribution is 6.10. The number of hydrogen-bond acceptors (Lipinski definition) is 5. The van der Waals surface area contributed by atoms with Crippen molar-refractivity contribution in [2.24, 2.45) is 5.92 Å². The molecule has 2 aromatic carbocycles. The van der Waals surface area contributed by atoms with Crippen molar-refractivity contribution < 1.29 is 19.2 Å². The molecule has 28 heavy (non-hydrogen) atoms. The maximum absolute atomic E-state index is 13.3. The summed E-state index contributed by atoms with van der Waals surface area (Å²) in [7, 11) is 0. The first kappa shape index (κ1) is 18.2. The quantitative estimate of drug-likeness (QED) is 0.352. The zero-order valence-corrected chi connectivity index (χ0v) is 15.5. The van der Waals surface area contributed by atoms with E-state index in [4.69, 9.17) is 4.74 Å². The number of carbonyl (C=O) groups excluding carboxylic acids is 2. The van der Waals surface area contributed by atoms with Gasteiger partial charge in [-0.15, -0.1) is 0 Å². The average molecular weight is 380 g/mol. The zero-order chi connectivity index (χ0) is 19.8. The van der Waals surface area contributed by atoms with Gasteiger partial charge >= 0.3 is 5.97 Å². The summed E-state index contributed by atoms with van der Waals surface area (Å²) in [5.74, 6) is -2.56. The van der Waals surface area contributed by atoms with Crippen LogP contribution in [-0.2, 0) is 20.7 Å². The van der Waals surface area contributed by atoms with Crippen molar-refractivity contribution in [2.45, 2.75) is 25.7 Å². The monoisotopic (exact) mass is 380 g/mol. The SMILES string of the molecule is CCOC(=O)C1C(=O)N2CCCc3cccc(c32)C1c1cccc([N+](=O)[O-])c1. The molecule has 0 radical (unpaired) electrons. The third-order valence-corrected chi connectivity index (χ3v) is 5.43. The van der Waals surface area contributed by atoms with Crippen molar-refractivity contribution in [3.63, 3.8) is 0 Å². The number of anilines is 1. The van der Waals surface area contributed by atoms with Gasteiger partial charge in [-0.2, -0.15) is 0 Å². The molecule has 2 aliphatic heterocycles. The predicted molar refractivity (Wildman–Crippen MR) is 102 cm³/mol. The number of ether oxygens (including phenoxy) is 1. The van der Waals surface area contributed by atoms with E-state index in [0.717, 1.165) is 29.7 Å². The number of esters is 1. The topological polar surface area (TPSA) is 89.8 Å². The van der Waals surface area contributed by atoms with Crippen LogP contribution in [0.5, 0.6) is 0 Å². The Morgan fingerprint density at radius 1 is 1.29 bits per heavy atom. The van der Waals surface area contributed by atoms with Gasteiger partial charge in [0.1, 0.15) is 5.92 Å². The summed E-state index contributed by atoms with van der Waals surface area (Å²) >= 11 is 0. The van der Waals surface area contributed by atoms with E-state index in [1.165, 1.54) is 12.1 Å². The molecule has 0 spiro atoms. The lowest BCUT2D eigenvalue weighted by Gasteiger charge is -2.41. The number of para-hydroxylation sites is 1. The molecule has 2 atom stereocenters. The molecule has 2 aromatic rings. The number of amides is 1. The van der Waals surface area contributed by atoms with E-state index in [-0.39, 0.29) is 18.2 Å². The normalized spacial score (nSPS) is 20.5. The van der Waals surface area contributed by atoms with Gasteiger partial charge in [0.05, 0.1) is 17.2 Å². The van der Waals surface area contributed by atoms with E-state index in [0.29, 0.717) is 12.1 Å². The van der Waals surface area contributed by atoms with Crippen LogP contribution in [0.15, 0.2) is 42.5 Å². The number of hydrogen-bond donors (Lipinski definition) is 0. The number of carbonyl (C=O) groups is 2. The van der Waals surface area contributed by atoms with E-state index >= 15 is 0 Å². The van der Waals surface area contributed by atoms with Gasteiger partial charge in [-0.25, -0.2) is 0 Å². The molecule has 0 aromatic heterocycles. The number of nitro benzene ring substituents is 1. The van der Waals surface area contributed by atoms with Crippen LogP contribution in [-0.4, -0.2) is 30.0 Å². The summed E-state index contributed by atoms with van der Waals surface area (Å²) in [4.78, 5) is 38.6. The number of aryl methyl sites for hydroxylation is 1. The summed E-state index contributed by atoms with van der Waals surface area (Å²) in [6.45, 7) is 2.41. The van der Waals surface area contributed by atoms with Gasteiger partial charge in [0.2, 0.25) is 5.91 Å². The van der Waals surface area contributed by atoms with Crippen molar-refractivity contribution in [1.82, 2.24) is 0 Å². The molecular formula is C21H20N2O5. The average Bonchev–Trinajstić information content (AvgIpc) is 2.70. The molecule has 2 unspecified atom stereocenters. The number of nitrogens with zero attached hydrogens (tertiary/aromatic N) is 2. The Morgan fingerprint density at radius 2 is 2.07 bits per heavy atom. The van der Waals surface area contributed by atoms with Crippen molar-refractivity contribution in [1.29, 1.82) is 0 Å². The third kappa shape index (κ3) is 2.83. The van der Waals surface area contributed by atoms with Crippen LogP contribution >= 0.6 is 0 Å². The largest absolute Gasteiger partial charge is 0.465 e. The third-order valence-electron chi connectivity index (χ3n) is 5.43. The highest BCUT2D eigenvalue weighted by Crippen LogP contribution is 2.47. The van der Waals surface area contributed by atoms with Crippen LogP contribution in [0.2, 0.25) is 0 Å². The Morgan fingerprint density at radius 3 is 2.82 bits per heavy atom. The summed E-state index contributed by atoms with van der Waals surface area (Å²) < 4.78 is 5.22. The van der Waals surface area contributed by atoms with Crippen LogP contribution < -0.4 is 4.90 Å². The van der Waals surface area contributed by atoms with Crippen molar-refractivity contribution in [3.05, 3.63) is 69.3 Å². The van der Waals surface area contributed by atoms with Crippen LogP contribution in [0.1, 0.15) is 36.0 Å². The molecule has 1 amide bonds. The lowest BCUT2D eigenvalue weighted by molar-refractivity contribution is -0.384. The van der Waals surface area contributed by atoms with Crippen LogP contribution in [0.25, 0.3) is 0 Å². The standard InChI is InChI=1S/C21H20N2O5/c1-2-28-21(25)18-17(14-7-3-9-15(12-14)23(26)27)16-10-4-6-13-8-5-11-22(19(13)16)20(18)24/h3-4,6-7,9-10,12,17-18H,2,5,8,11H2,1H3. The molecule has 0 bridgehead atoms.